The van der Waals surface area contributed by atoms with Gasteiger partial charge in [-0.15, -0.1) is 0 Å². The SMILES string of the molecule is CCCCCCCCCCCCCCCCCCC(=O)O[C@H](COC(=O)CCCCCCCCCCCC)COP(=O)(O)OC[C@H](O)COP(=O)(O)OC[C@@H](COC(=O)CCCCCCCCCCCCCCCCC(C)CC)OC(=O)CCCCCCCCCCCCCCCCCCC(C)C. The van der Waals surface area contributed by atoms with Gasteiger partial charge in [-0.1, -0.05) is 395 Å². The molecule has 0 aromatic rings. The number of rotatable bonds is 83. The van der Waals surface area contributed by atoms with Gasteiger partial charge in [-0.25, -0.2) is 9.13 Å². The van der Waals surface area contributed by atoms with Gasteiger partial charge in [-0.3, -0.25) is 37.3 Å². The molecule has 19 heteroatoms. The first-order valence-corrected chi connectivity index (χ1v) is 46.5. The molecule has 0 amide bonds. The van der Waals surface area contributed by atoms with Crippen LogP contribution in [0, 0.1) is 11.8 Å². The predicted octanol–water partition coefficient (Wildman–Crippen LogP) is 25.5. The van der Waals surface area contributed by atoms with Crippen molar-refractivity contribution in [3.8, 4) is 0 Å². The van der Waals surface area contributed by atoms with Gasteiger partial charge in [-0.2, -0.15) is 0 Å². The second-order valence-electron chi connectivity index (χ2n) is 30.9. The van der Waals surface area contributed by atoms with Crippen molar-refractivity contribution in [2.75, 3.05) is 39.6 Å². The van der Waals surface area contributed by atoms with Crippen molar-refractivity contribution >= 4 is 39.5 Å². The number of hydrogen-bond donors (Lipinski definition) is 3. The molecule has 3 N–H and O–H groups in total. The largest absolute Gasteiger partial charge is 0.472 e. The fraction of sp³-hybridized carbons (Fsp3) is 0.952. The topological polar surface area (TPSA) is 237 Å². The Labute approximate surface area is 632 Å². The number of aliphatic hydroxyl groups excluding tert-OH is 1. The molecule has 0 aliphatic heterocycles. The van der Waals surface area contributed by atoms with Gasteiger partial charge in [0, 0.05) is 25.7 Å². The highest BCUT2D eigenvalue weighted by atomic mass is 31.2. The summed E-state index contributed by atoms with van der Waals surface area (Å²) < 4.78 is 68.8. The number of aliphatic hydroxyl groups is 1. The van der Waals surface area contributed by atoms with Crippen LogP contribution in [0.25, 0.3) is 0 Å². The van der Waals surface area contributed by atoms with E-state index in [0.29, 0.717) is 25.7 Å². The quantitative estimate of drug-likeness (QED) is 0.0222. The summed E-state index contributed by atoms with van der Waals surface area (Å²) >= 11 is 0. The number of ether oxygens (including phenoxy) is 4. The van der Waals surface area contributed by atoms with E-state index in [9.17, 15) is 43.2 Å². The van der Waals surface area contributed by atoms with Crippen molar-refractivity contribution < 1.29 is 80.2 Å². The van der Waals surface area contributed by atoms with Gasteiger partial charge in [0.25, 0.3) is 0 Å². The summed E-state index contributed by atoms with van der Waals surface area (Å²) in [5.41, 5.74) is 0. The third kappa shape index (κ3) is 76.6. The smallest absolute Gasteiger partial charge is 0.462 e. The highest BCUT2D eigenvalue weighted by Crippen LogP contribution is 2.45. The summed E-state index contributed by atoms with van der Waals surface area (Å²) in [6, 6.07) is 0. The Kier molecular flexibility index (Phi) is 74.1. The molecule has 0 heterocycles. The van der Waals surface area contributed by atoms with Crippen LogP contribution in [0.3, 0.4) is 0 Å². The van der Waals surface area contributed by atoms with E-state index in [1.165, 1.54) is 263 Å². The lowest BCUT2D eigenvalue weighted by atomic mass is 9.99. The predicted molar refractivity (Wildman–Crippen MR) is 423 cm³/mol. The van der Waals surface area contributed by atoms with Crippen molar-refractivity contribution in [3.05, 3.63) is 0 Å². The molecule has 6 atom stereocenters. The summed E-state index contributed by atoms with van der Waals surface area (Å²) in [6.07, 6.45) is 66.4. The van der Waals surface area contributed by atoms with Crippen molar-refractivity contribution in [1.29, 1.82) is 0 Å². The fourth-order valence-electron chi connectivity index (χ4n) is 13.0. The van der Waals surface area contributed by atoms with Crippen molar-refractivity contribution in [2.45, 2.75) is 464 Å². The van der Waals surface area contributed by atoms with E-state index >= 15 is 0 Å². The van der Waals surface area contributed by atoms with Crippen LogP contribution in [0.4, 0.5) is 0 Å². The van der Waals surface area contributed by atoms with E-state index in [1.54, 1.807) is 0 Å². The number of phosphoric ester groups is 2. The Hall–Kier alpha value is -1.94. The van der Waals surface area contributed by atoms with Gasteiger partial charge in [-0.05, 0) is 37.5 Å². The molecule has 0 fully saturated rings. The van der Waals surface area contributed by atoms with Crippen molar-refractivity contribution in [2.24, 2.45) is 11.8 Å². The molecule has 0 aromatic carbocycles. The Morgan fingerprint density at radius 1 is 0.282 bits per heavy atom. The monoisotopic (exact) mass is 1510 g/mol. The molecule has 3 unspecified atom stereocenters. The zero-order chi connectivity index (χ0) is 75.6. The van der Waals surface area contributed by atoms with E-state index in [0.717, 1.165) is 102 Å². The molecule has 103 heavy (non-hydrogen) atoms. The summed E-state index contributed by atoms with van der Waals surface area (Å²) in [5.74, 6) is -0.444. The Morgan fingerprint density at radius 3 is 0.738 bits per heavy atom. The summed E-state index contributed by atoms with van der Waals surface area (Å²) in [4.78, 5) is 73.1. The average Bonchev–Trinajstić information content (AvgIpc) is 0.912. The van der Waals surface area contributed by atoms with Gasteiger partial charge < -0.3 is 33.8 Å². The van der Waals surface area contributed by atoms with Crippen LogP contribution in [0.1, 0.15) is 446 Å². The molecule has 612 valence electrons. The lowest BCUT2D eigenvalue weighted by Gasteiger charge is -2.21. The number of carbonyl (C=O) groups is 4. The van der Waals surface area contributed by atoms with Crippen LogP contribution in [-0.4, -0.2) is 96.7 Å². The maximum Gasteiger partial charge on any atom is 0.472 e. The van der Waals surface area contributed by atoms with E-state index in [1.807, 2.05) is 0 Å². The molecule has 0 radical (unpaired) electrons. The van der Waals surface area contributed by atoms with Gasteiger partial charge in [0.05, 0.1) is 26.4 Å². The highest BCUT2D eigenvalue weighted by Gasteiger charge is 2.30. The van der Waals surface area contributed by atoms with Crippen LogP contribution < -0.4 is 0 Å². The van der Waals surface area contributed by atoms with Gasteiger partial charge in [0.15, 0.2) is 12.2 Å². The van der Waals surface area contributed by atoms with Crippen LogP contribution >= 0.6 is 15.6 Å². The fourth-order valence-corrected chi connectivity index (χ4v) is 14.6. The Morgan fingerprint density at radius 2 is 0.495 bits per heavy atom. The van der Waals surface area contributed by atoms with E-state index in [2.05, 4.69) is 41.5 Å². The second kappa shape index (κ2) is 75.5. The number of carbonyl (C=O) groups excluding carboxylic acids is 4. The number of unbranched alkanes of at least 4 members (excludes halogenated alkanes) is 52. The first-order chi connectivity index (χ1) is 49.9. The molecule has 0 bridgehead atoms. The minimum absolute atomic E-state index is 0.109. The summed E-state index contributed by atoms with van der Waals surface area (Å²) in [5, 5.41) is 10.7. The number of hydrogen-bond acceptors (Lipinski definition) is 15. The maximum absolute atomic E-state index is 13.1. The Balaban J connectivity index is 5.24. The molecular weight excluding hydrogens is 1340 g/mol. The summed E-state index contributed by atoms with van der Waals surface area (Å²) in [7, 11) is -9.92. The Bertz CT molecular complexity index is 1980. The van der Waals surface area contributed by atoms with Crippen LogP contribution in [0.5, 0.6) is 0 Å². The lowest BCUT2D eigenvalue weighted by molar-refractivity contribution is -0.161. The third-order valence-corrected chi connectivity index (χ3v) is 22.0. The zero-order valence-electron chi connectivity index (χ0n) is 67.6. The van der Waals surface area contributed by atoms with Crippen LogP contribution in [0.15, 0.2) is 0 Å². The third-order valence-electron chi connectivity index (χ3n) is 20.1. The molecule has 17 nitrogen and oxygen atoms in total. The normalized spacial score (nSPS) is 14.1. The minimum Gasteiger partial charge on any atom is -0.462 e. The van der Waals surface area contributed by atoms with Gasteiger partial charge in [0.2, 0.25) is 0 Å². The van der Waals surface area contributed by atoms with Crippen molar-refractivity contribution in [3.63, 3.8) is 0 Å². The number of phosphoric acid groups is 2. The number of esters is 4. The summed E-state index contributed by atoms with van der Waals surface area (Å²) in [6.45, 7) is 9.74. The van der Waals surface area contributed by atoms with E-state index in [4.69, 9.17) is 37.0 Å². The van der Waals surface area contributed by atoms with Crippen LogP contribution in [0.2, 0.25) is 0 Å². The lowest BCUT2D eigenvalue weighted by Crippen LogP contribution is -2.30. The highest BCUT2D eigenvalue weighted by molar-refractivity contribution is 7.47. The van der Waals surface area contributed by atoms with Crippen molar-refractivity contribution in [1.82, 2.24) is 0 Å². The molecule has 0 saturated heterocycles. The maximum atomic E-state index is 13.1. The minimum atomic E-state index is -4.96. The molecular formula is C84H164O17P2. The van der Waals surface area contributed by atoms with E-state index < -0.39 is 97.5 Å². The molecule has 0 spiro atoms. The molecule has 0 rings (SSSR count). The standard InChI is InChI=1S/C84H164O17P2/c1-7-10-12-14-16-18-20-21-22-26-33-38-44-50-56-62-68-83(88)100-79(72-94-81(86)66-60-54-48-42-19-17-15-13-11-8-2)74-98-102(90,91)96-70-78(85)71-97-103(92,93)99-75-80(73-95-82(87)67-61-55-49-43-37-32-29-28-31-36-41-47-53-59-65-77(6)9-3)101-84(89)69-63-57-51-45-39-34-27-24-23-25-30-35-40-46-52-58-64-76(4)5/h76-80,85H,7-75H2,1-6H3,(H,90,91)(H,92,93)/t77?,78-,79+,80+/m0/s1. The first-order valence-electron chi connectivity index (χ1n) is 43.5. The molecule has 0 aromatic heterocycles. The second-order valence-corrected chi connectivity index (χ2v) is 33.8. The molecule has 0 aliphatic carbocycles. The first kappa shape index (κ1) is 101. The molecule has 0 saturated carbocycles. The van der Waals surface area contributed by atoms with Crippen LogP contribution in [-0.2, 0) is 65.4 Å². The zero-order valence-corrected chi connectivity index (χ0v) is 69.4. The average molecular weight is 1510 g/mol. The van der Waals surface area contributed by atoms with Gasteiger partial charge >= 0.3 is 39.5 Å². The molecule has 0 aliphatic rings. The van der Waals surface area contributed by atoms with Gasteiger partial charge in [0.1, 0.15) is 19.3 Å². The van der Waals surface area contributed by atoms with E-state index in [-0.39, 0.29) is 25.7 Å².